The molecule has 0 aromatic rings. The molecular weight excluding hydrogens is 232 g/mol. The molecule has 2 N–H and O–H groups in total. The predicted molar refractivity (Wildman–Crippen MR) is 61.4 cm³/mol. The molecule has 0 saturated carbocycles. The maximum atomic E-state index is 11.2. The highest BCUT2D eigenvalue weighted by Gasteiger charge is 2.19. The minimum Gasteiger partial charge on any atom is -0.467 e. The van der Waals surface area contributed by atoms with Gasteiger partial charge < -0.3 is 15.4 Å². The summed E-state index contributed by atoms with van der Waals surface area (Å²) in [6.45, 7) is 2.12. The molecule has 0 aromatic heterocycles. The van der Waals surface area contributed by atoms with E-state index in [1.807, 2.05) is 0 Å². The number of methoxy groups -OCH3 is 1. The molecule has 0 fully saturated rings. The van der Waals surface area contributed by atoms with E-state index in [2.05, 4.69) is 15.4 Å². The first kappa shape index (κ1) is 15.0. The van der Waals surface area contributed by atoms with Crippen molar-refractivity contribution in [1.82, 2.24) is 10.6 Å². The Kier molecular flexibility index (Phi) is 7.74. The zero-order chi connectivity index (χ0) is 12.6. The highest BCUT2D eigenvalue weighted by atomic mass is 32.2. The molecule has 1 amide bonds. The van der Waals surface area contributed by atoms with Gasteiger partial charge in [-0.3, -0.25) is 9.00 Å². The summed E-state index contributed by atoms with van der Waals surface area (Å²) in [4.78, 5) is 22.1. The van der Waals surface area contributed by atoms with E-state index in [4.69, 9.17) is 0 Å². The molecule has 0 aliphatic heterocycles. The van der Waals surface area contributed by atoms with Crippen molar-refractivity contribution < 1.29 is 18.5 Å². The summed E-state index contributed by atoms with van der Waals surface area (Å²) in [6.07, 6.45) is 1.60. The summed E-state index contributed by atoms with van der Waals surface area (Å²) < 4.78 is 15.3. The van der Waals surface area contributed by atoms with E-state index in [1.54, 1.807) is 6.26 Å². The van der Waals surface area contributed by atoms with E-state index < -0.39 is 22.8 Å². The number of nitrogens with one attached hydrogen (secondary N) is 2. The summed E-state index contributed by atoms with van der Waals surface area (Å²) in [5.74, 6) is -0.287. The average molecular weight is 250 g/mol. The van der Waals surface area contributed by atoms with Crippen molar-refractivity contribution in [3.05, 3.63) is 0 Å². The van der Waals surface area contributed by atoms with Crippen LogP contribution in [0.15, 0.2) is 0 Å². The zero-order valence-electron chi connectivity index (χ0n) is 9.74. The molecule has 0 saturated heterocycles. The van der Waals surface area contributed by atoms with Gasteiger partial charge in [0, 0.05) is 42.8 Å². The molecule has 0 spiro atoms. The fourth-order valence-corrected chi connectivity index (χ4v) is 1.48. The highest BCUT2D eigenvalue weighted by Crippen LogP contribution is 1.87. The van der Waals surface area contributed by atoms with Crippen LogP contribution in [0.5, 0.6) is 0 Å². The van der Waals surface area contributed by atoms with Crippen molar-refractivity contribution in [2.24, 2.45) is 0 Å². The molecule has 16 heavy (non-hydrogen) atoms. The van der Waals surface area contributed by atoms with Crippen molar-refractivity contribution in [2.45, 2.75) is 13.0 Å². The lowest BCUT2D eigenvalue weighted by Gasteiger charge is -2.15. The third kappa shape index (κ3) is 7.36. The van der Waals surface area contributed by atoms with E-state index >= 15 is 0 Å². The Morgan fingerprint density at radius 3 is 2.50 bits per heavy atom. The van der Waals surface area contributed by atoms with Crippen molar-refractivity contribution in [2.75, 3.05) is 32.2 Å². The van der Waals surface area contributed by atoms with E-state index in [0.29, 0.717) is 12.3 Å². The molecule has 0 radical (unpaired) electrons. The van der Waals surface area contributed by atoms with Crippen LogP contribution in [0.25, 0.3) is 0 Å². The number of rotatable bonds is 7. The first-order valence-electron chi connectivity index (χ1n) is 4.83. The molecule has 0 aliphatic carbocycles. The third-order valence-electron chi connectivity index (χ3n) is 1.78. The molecule has 0 rings (SSSR count). The van der Waals surface area contributed by atoms with Crippen molar-refractivity contribution in [1.29, 1.82) is 0 Å². The molecular formula is C9H18N2O4S. The fraction of sp³-hybridized carbons (Fsp3) is 0.778. The first-order valence-corrected chi connectivity index (χ1v) is 6.55. The van der Waals surface area contributed by atoms with Gasteiger partial charge in [-0.2, -0.15) is 0 Å². The van der Waals surface area contributed by atoms with Gasteiger partial charge in [0.05, 0.1) is 7.11 Å². The third-order valence-corrected chi connectivity index (χ3v) is 2.56. The summed E-state index contributed by atoms with van der Waals surface area (Å²) in [6, 6.07) is -0.701. The van der Waals surface area contributed by atoms with Gasteiger partial charge in [-0.05, 0) is 0 Å². The maximum absolute atomic E-state index is 11.2. The van der Waals surface area contributed by atoms with Gasteiger partial charge in [0.15, 0.2) is 0 Å². The predicted octanol–water partition coefficient (Wildman–Crippen LogP) is -1.37. The lowest BCUT2D eigenvalue weighted by Crippen LogP contribution is -2.47. The Morgan fingerprint density at radius 2 is 2.06 bits per heavy atom. The van der Waals surface area contributed by atoms with Crippen molar-refractivity contribution in [3.8, 4) is 0 Å². The Hall–Kier alpha value is -0.950. The van der Waals surface area contributed by atoms with Gasteiger partial charge in [0.25, 0.3) is 0 Å². The van der Waals surface area contributed by atoms with E-state index in [9.17, 15) is 13.8 Å². The van der Waals surface area contributed by atoms with Crippen LogP contribution in [0.1, 0.15) is 6.92 Å². The van der Waals surface area contributed by atoms with Crippen LogP contribution < -0.4 is 10.6 Å². The summed E-state index contributed by atoms with van der Waals surface area (Å²) in [7, 11) is 0.393. The summed E-state index contributed by atoms with van der Waals surface area (Å²) in [5.41, 5.74) is 0. The number of esters is 1. The number of amides is 1. The van der Waals surface area contributed by atoms with Crippen LogP contribution in [-0.4, -0.2) is 54.3 Å². The van der Waals surface area contributed by atoms with Gasteiger partial charge in [0.1, 0.15) is 6.04 Å². The van der Waals surface area contributed by atoms with E-state index in [-0.39, 0.29) is 12.5 Å². The molecule has 6 nitrogen and oxygen atoms in total. The standard InChI is InChI=1S/C9H18N2O4S/c1-7(12)11-8(9(13)15-2)6-10-4-5-16(3)14/h8,10H,4-6H2,1-3H3,(H,11,12). The molecule has 0 heterocycles. The molecule has 0 aliphatic rings. The van der Waals surface area contributed by atoms with Crippen molar-refractivity contribution >= 4 is 22.7 Å². The Labute approximate surface area is 97.6 Å². The Bertz CT molecular complexity index is 270. The summed E-state index contributed by atoms with van der Waals surface area (Å²) in [5, 5.41) is 5.40. The monoisotopic (exact) mass is 250 g/mol. The van der Waals surface area contributed by atoms with Gasteiger partial charge in [-0.25, -0.2) is 4.79 Å². The van der Waals surface area contributed by atoms with Gasteiger partial charge in [-0.1, -0.05) is 0 Å². The first-order chi connectivity index (χ1) is 7.47. The second kappa shape index (κ2) is 8.23. The summed E-state index contributed by atoms with van der Waals surface area (Å²) >= 11 is 0. The Balaban J connectivity index is 3.97. The average Bonchev–Trinajstić information content (AvgIpc) is 2.20. The van der Waals surface area contributed by atoms with Crippen LogP contribution in [0.2, 0.25) is 0 Å². The van der Waals surface area contributed by atoms with E-state index in [0.717, 1.165) is 0 Å². The van der Waals surface area contributed by atoms with Crippen LogP contribution in [-0.2, 0) is 25.1 Å². The normalized spacial score (nSPS) is 13.9. The van der Waals surface area contributed by atoms with Gasteiger partial charge in [-0.15, -0.1) is 0 Å². The van der Waals surface area contributed by atoms with Gasteiger partial charge in [0.2, 0.25) is 5.91 Å². The molecule has 0 bridgehead atoms. The maximum Gasteiger partial charge on any atom is 0.329 e. The number of hydrogen-bond donors (Lipinski definition) is 2. The minimum absolute atomic E-state index is 0.267. The second-order valence-corrected chi connectivity index (χ2v) is 4.81. The smallest absolute Gasteiger partial charge is 0.329 e. The lowest BCUT2D eigenvalue weighted by atomic mass is 10.3. The SMILES string of the molecule is COC(=O)C(CNCCS(C)=O)NC(C)=O. The van der Waals surface area contributed by atoms with Crippen LogP contribution >= 0.6 is 0 Å². The van der Waals surface area contributed by atoms with Crippen LogP contribution in [0.3, 0.4) is 0 Å². The zero-order valence-corrected chi connectivity index (χ0v) is 10.6. The molecule has 2 atom stereocenters. The second-order valence-electron chi connectivity index (χ2n) is 3.26. The topological polar surface area (TPSA) is 84.5 Å². The van der Waals surface area contributed by atoms with Crippen LogP contribution in [0.4, 0.5) is 0 Å². The number of hydrogen-bond acceptors (Lipinski definition) is 5. The number of carbonyl (C=O) groups excluding carboxylic acids is 2. The van der Waals surface area contributed by atoms with Gasteiger partial charge >= 0.3 is 5.97 Å². The highest BCUT2D eigenvalue weighted by molar-refractivity contribution is 7.84. The molecule has 7 heteroatoms. The molecule has 2 unspecified atom stereocenters. The Morgan fingerprint density at radius 1 is 1.44 bits per heavy atom. The largest absolute Gasteiger partial charge is 0.467 e. The lowest BCUT2D eigenvalue weighted by molar-refractivity contribution is -0.144. The fourth-order valence-electron chi connectivity index (χ4n) is 1.04. The van der Waals surface area contributed by atoms with E-state index in [1.165, 1.54) is 14.0 Å². The number of carbonyl (C=O) groups is 2. The quantitative estimate of drug-likeness (QED) is 0.430. The van der Waals surface area contributed by atoms with Crippen molar-refractivity contribution in [3.63, 3.8) is 0 Å². The number of ether oxygens (including phenoxy) is 1. The van der Waals surface area contributed by atoms with Crippen LogP contribution in [0, 0.1) is 0 Å². The molecule has 94 valence electrons. The minimum atomic E-state index is -0.870. The molecule has 0 aromatic carbocycles.